The highest BCUT2D eigenvalue weighted by Crippen LogP contribution is 2.15. The molecule has 14 nitrogen and oxygen atoms in total. The molecule has 0 aliphatic heterocycles. The van der Waals surface area contributed by atoms with Gasteiger partial charge in [0.25, 0.3) is 5.95 Å². The van der Waals surface area contributed by atoms with Gasteiger partial charge in [-0.15, -0.1) is 0 Å². The lowest BCUT2D eigenvalue weighted by Gasteiger charge is -2.23. The van der Waals surface area contributed by atoms with E-state index >= 15 is 0 Å². The molecule has 14 heteroatoms. The van der Waals surface area contributed by atoms with Gasteiger partial charge in [-0.1, -0.05) is 0 Å². The zero-order chi connectivity index (χ0) is 22.3. The largest absolute Gasteiger partial charge is 0.368 e. The molecule has 4 aromatic heterocycles. The Bertz CT molecular complexity index is 1100. The maximum Gasteiger partial charge on any atom is 0.251 e. The average Bonchev–Trinajstić information content (AvgIpc) is 3.44. The van der Waals surface area contributed by atoms with E-state index in [2.05, 4.69) is 50.6 Å². The van der Waals surface area contributed by atoms with Crippen molar-refractivity contribution in [2.45, 2.75) is 12.8 Å². The van der Waals surface area contributed by atoms with Crippen molar-refractivity contribution in [1.82, 2.24) is 39.9 Å². The zero-order valence-electron chi connectivity index (χ0n) is 17.2. The van der Waals surface area contributed by atoms with Crippen molar-refractivity contribution in [3.05, 3.63) is 48.0 Å². The number of nitrogens with zero attached hydrogens (tertiary/aromatic N) is 7. The van der Waals surface area contributed by atoms with Gasteiger partial charge in [-0.05, 0) is 36.1 Å². The minimum Gasteiger partial charge on any atom is -0.368 e. The molecule has 10 N–H and O–H groups in total. The molecular formula is C18H24N14. The number of aromatic amines is 2. The number of aromatic nitrogens is 8. The van der Waals surface area contributed by atoms with Gasteiger partial charge in [-0.25, -0.2) is 0 Å². The Morgan fingerprint density at radius 1 is 0.750 bits per heavy atom. The van der Waals surface area contributed by atoms with Crippen LogP contribution < -0.4 is 33.0 Å². The molecule has 0 aromatic carbocycles. The van der Waals surface area contributed by atoms with Gasteiger partial charge in [-0.2, -0.15) is 29.9 Å². The third-order valence-corrected chi connectivity index (χ3v) is 4.43. The van der Waals surface area contributed by atoms with Crippen LogP contribution >= 0.6 is 0 Å². The van der Waals surface area contributed by atoms with Crippen LogP contribution in [0.25, 0.3) is 0 Å². The minimum atomic E-state index is 0.00298. The van der Waals surface area contributed by atoms with Gasteiger partial charge >= 0.3 is 0 Å². The molecule has 0 bridgehead atoms. The topological polar surface area (TPSA) is 214 Å². The van der Waals surface area contributed by atoms with E-state index in [9.17, 15) is 0 Å². The maximum atomic E-state index is 5.89. The summed E-state index contributed by atoms with van der Waals surface area (Å²) in [5, 5.41) is 4.77. The van der Waals surface area contributed by atoms with E-state index < -0.39 is 0 Å². The van der Waals surface area contributed by atoms with Crippen LogP contribution in [0.3, 0.4) is 0 Å². The third-order valence-electron chi connectivity index (χ3n) is 4.43. The Balaban J connectivity index is 1.50. The van der Waals surface area contributed by atoms with E-state index in [0.717, 1.165) is 12.0 Å². The summed E-state index contributed by atoms with van der Waals surface area (Å²) in [6, 6.07) is 3.98. The fourth-order valence-corrected chi connectivity index (χ4v) is 2.95. The van der Waals surface area contributed by atoms with Gasteiger partial charge in [0.1, 0.15) is 0 Å². The summed E-state index contributed by atoms with van der Waals surface area (Å²) >= 11 is 0. The molecular weight excluding hydrogens is 412 g/mol. The summed E-state index contributed by atoms with van der Waals surface area (Å²) in [7, 11) is 0. The molecule has 4 rings (SSSR count). The van der Waals surface area contributed by atoms with Gasteiger partial charge in [0.05, 0.1) is 0 Å². The number of nitrogens with two attached hydrogens (primary N) is 3. The molecule has 0 amide bonds. The SMILES string of the molecule is Nc1nc(NCCc2cc[nH]c2)nc(NN(CCc2cc[nH]c2)c2nc(N)nc(N)n2)n1. The summed E-state index contributed by atoms with van der Waals surface area (Å²) in [5.74, 6) is 0.855. The van der Waals surface area contributed by atoms with E-state index in [1.807, 2.05) is 36.9 Å². The number of hydrazine groups is 1. The van der Waals surface area contributed by atoms with Crippen LogP contribution in [0, 0.1) is 0 Å². The van der Waals surface area contributed by atoms with Crippen molar-refractivity contribution in [1.29, 1.82) is 0 Å². The molecule has 4 heterocycles. The first-order valence-electron chi connectivity index (χ1n) is 9.85. The fourth-order valence-electron chi connectivity index (χ4n) is 2.95. The van der Waals surface area contributed by atoms with Gasteiger partial charge in [0.2, 0.25) is 29.7 Å². The molecule has 32 heavy (non-hydrogen) atoms. The normalized spacial score (nSPS) is 10.8. The first kappa shape index (κ1) is 20.6. The second-order valence-corrected chi connectivity index (χ2v) is 6.82. The average molecular weight is 436 g/mol. The van der Waals surface area contributed by atoms with Gasteiger partial charge < -0.3 is 32.5 Å². The predicted molar refractivity (Wildman–Crippen MR) is 121 cm³/mol. The summed E-state index contributed by atoms with van der Waals surface area (Å²) in [6.45, 7) is 1.08. The Labute approximate surface area is 183 Å². The van der Waals surface area contributed by atoms with Crippen molar-refractivity contribution < 1.29 is 0 Å². The smallest absolute Gasteiger partial charge is 0.251 e. The highest BCUT2D eigenvalue weighted by atomic mass is 15.6. The van der Waals surface area contributed by atoms with Crippen molar-refractivity contribution >= 4 is 35.7 Å². The lowest BCUT2D eigenvalue weighted by molar-refractivity contribution is 0.811. The molecule has 0 saturated heterocycles. The van der Waals surface area contributed by atoms with Crippen LogP contribution in [0.1, 0.15) is 11.1 Å². The van der Waals surface area contributed by atoms with E-state index in [0.29, 0.717) is 25.5 Å². The van der Waals surface area contributed by atoms with Crippen LogP contribution in [0.5, 0.6) is 0 Å². The first-order valence-corrected chi connectivity index (χ1v) is 9.85. The molecule has 0 spiro atoms. The molecule has 0 aliphatic rings. The second-order valence-electron chi connectivity index (χ2n) is 6.82. The summed E-state index contributed by atoms with van der Waals surface area (Å²) in [5.41, 5.74) is 22.7. The Hall–Kier alpha value is -4.62. The van der Waals surface area contributed by atoms with Gasteiger partial charge in [0.15, 0.2) is 0 Å². The molecule has 0 saturated carbocycles. The zero-order valence-corrected chi connectivity index (χ0v) is 17.2. The van der Waals surface area contributed by atoms with Crippen molar-refractivity contribution in [3.63, 3.8) is 0 Å². The summed E-state index contributed by atoms with van der Waals surface area (Å²) in [4.78, 5) is 30.9. The highest BCUT2D eigenvalue weighted by Gasteiger charge is 2.15. The van der Waals surface area contributed by atoms with E-state index in [1.54, 1.807) is 5.01 Å². The Kier molecular flexibility index (Phi) is 6.10. The number of H-pyrrole nitrogens is 2. The van der Waals surface area contributed by atoms with Gasteiger partial charge in [-0.3, -0.25) is 10.4 Å². The molecule has 0 unspecified atom stereocenters. The molecule has 166 valence electrons. The summed E-state index contributed by atoms with van der Waals surface area (Å²) in [6.07, 6.45) is 9.03. The second kappa shape index (κ2) is 9.46. The quantitative estimate of drug-likeness (QED) is 0.166. The number of rotatable bonds is 10. The van der Waals surface area contributed by atoms with E-state index in [-0.39, 0.29) is 29.7 Å². The van der Waals surface area contributed by atoms with Crippen LogP contribution in [-0.2, 0) is 12.8 Å². The van der Waals surface area contributed by atoms with Crippen LogP contribution in [0.2, 0.25) is 0 Å². The molecule has 4 aromatic rings. The van der Waals surface area contributed by atoms with Crippen LogP contribution in [-0.4, -0.2) is 53.0 Å². The monoisotopic (exact) mass is 436 g/mol. The lowest BCUT2D eigenvalue weighted by Crippen LogP contribution is -2.35. The standard InChI is InChI=1S/C18H24N14/c19-13-25-14(20)29-18(28-13)32(8-4-12-2-6-23-10-12)31-17-27-15(21)26-16(30-17)24-7-3-11-1-5-22-9-11/h1-2,5-6,9-10,22-23H,3-4,7-8H2,(H4,19,20,25,28,29)(H4,21,24,26,27,30,31). The fraction of sp³-hybridized carbons (Fsp3) is 0.222. The predicted octanol–water partition coefficient (Wildman–Crippen LogP) is 0.190. The molecule has 0 aliphatic carbocycles. The molecule has 0 fully saturated rings. The third kappa shape index (κ3) is 5.50. The Morgan fingerprint density at radius 3 is 2.03 bits per heavy atom. The van der Waals surface area contributed by atoms with E-state index in [1.165, 1.54) is 5.56 Å². The van der Waals surface area contributed by atoms with Gasteiger partial charge in [0, 0.05) is 37.9 Å². The number of nitrogen functional groups attached to an aromatic ring is 3. The summed E-state index contributed by atoms with van der Waals surface area (Å²) < 4.78 is 0. The number of hydrogen-bond acceptors (Lipinski definition) is 12. The lowest BCUT2D eigenvalue weighted by atomic mass is 10.2. The number of hydrogen-bond donors (Lipinski definition) is 7. The minimum absolute atomic E-state index is 0.00298. The number of anilines is 6. The van der Waals surface area contributed by atoms with Crippen molar-refractivity contribution in [2.24, 2.45) is 0 Å². The van der Waals surface area contributed by atoms with Crippen molar-refractivity contribution in [2.75, 3.05) is 46.0 Å². The molecule has 0 atom stereocenters. The van der Waals surface area contributed by atoms with Crippen molar-refractivity contribution in [3.8, 4) is 0 Å². The highest BCUT2D eigenvalue weighted by molar-refractivity contribution is 5.48. The Morgan fingerprint density at radius 2 is 1.38 bits per heavy atom. The van der Waals surface area contributed by atoms with Crippen LogP contribution in [0.4, 0.5) is 35.7 Å². The van der Waals surface area contributed by atoms with E-state index in [4.69, 9.17) is 17.2 Å². The van der Waals surface area contributed by atoms with Crippen LogP contribution in [0.15, 0.2) is 36.9 Å². The maximum absolute atomic E-state index is 5.89. The first-order chi connectivity index (χ1) is 15.5. The number of nitrogens with one attached hydrogen (secondary N) is 4. The molecule has 0 radical (unpaired) electrons.